The summed E-state index contributed by atoms with van der Waals surface area (Å²) in [6.45, 7) is 8.31. The average molecular weight is 491 g/mol. The SMILES string of the molecule is C=C1CCC(N2C(=O)c3ccc(C4(O)CCN(Cc5ccc(OCC)nc5)CC4)cc3C2=O)C(=O)N1. The zero-order chi connectivity index (χ0) is 25.4. The van der Waals surface area contributed by atoms with E-state index in [1.807, 2.05) is 25.3 Å². The smallest absolute Gasteiger partial charge is 0.262 e. The van der Waals surface area contributed by atoms with Crippen LogP contribution in [0.15, 0.2) is 48.8 Å². The molecule has 9 nitrogen and oxygen atoms in total. The highest BCUT2D eigenvalue weighted by Gasteiger charge is 2.45. The normalized spacial score (nSPS) is 21.9. The third-order valence-corrected chi connectivity index (χ3v) is 7.27. The van der Waals surface area contributed by atoms with Gasteiger partial charge in [-0.25, -0.2) is 4.98 Å². The van der Waals surface area contributed by atoms with E-state index in [-0.39, 0.29) is 11.1 Å². The van der Waals surface area contributed by atoms with Crippen molar-refractivity contribution in [3.63, 3.8) is 0 Å². The number of carbonyl (C=O) groups excluding carboxylic acids is 3. The second-order valence-corrected chi connectivity index (χ2v) is 9.63. The van der Waals surface area contributed by atoms with Crippen molar-refractivity contribution in [1.29, 1.82) is 0 Å². The summed E-state index contributed by atoms with van der Waals surface area (Å²) in [5.74, 6) is -0.754. The van der Waals surface area contributed by atoms with Crippen molar-refractivity contribution in [3.05, 3.63) is 71.1 Å². The van der Waals surface area contributed by atoms with Crippen LogP contribution in [-0.4, -0.2) is 63.4 Å². The Morgan fingerprint density at radius 2 is 1.89 bits per heavy atom. The zero-order valence-corrected chi connectivity index (χ0v) is 20.3. The van der Waals surface area contributed by atoms with Crippen LogP contribution in [0.1, 0.15) is 64.4 Å². The Morgan fingerprint density at radius 3 is 2.56 bits per heavy atom. The number of benzene rings is 1. The lowest BCUT2D eigenvalue weighted by Crippen LogP contribution is -2.51. The molecular weight excluding hydrogens is 460 g/mol. The first-order chi connectivity index (χ1) is 17.3. The number of rotatable bonds is 6. The molecule has 2 aromatic rings. The minimum atomic E-state index is -1.10. The summed E-state index contributed by atoms with van der Waals surface area (Å²) in [5.41, 5.74) is 1.69. The Balaban J connectivity index is 1.27. The van der Waals surface area contributed by atoms with Crippen LogP contribution in [0.25, 0.3) is 0 Å². The van der Waals surface area contributed by atoms with Gasteiger partial charge in [0.2, 0.25) is 11.8 Å². The number of aliphatic hydroxyl groups is 1. The van der Waals surface area contributed by atoms with Crippen LogP contribution in [0.5, 0.6) is 5.88 Å². The molecule has 4 heterocycles. The summed E-state index contributed by atoms with van der Waals surface area (Å²) < 4.78 is 5.39. The number of likely N-dealkylation sites (tertiary alicyclic amines) is 1. The number of hydrogen-bond donors (Lipinski definition) is 2. The molecule has 2 N–H and O–H groups in total. The van der Waals surface area contributed by atoms with Crippen molar-refractivity contribution >= 4 is 17.7 Å². The number of carbonyl (C=O) groups is 3. The lowest BCUT2D eigenvalue weighted by molar-refractivity contribution is -0.125. The Morgan fingerprint density at radius 1 is 1.14 bits per heavy atom. The standard InChI is InChI=1S/C27H30N4O5/c1-3-36-23-9-5-18(15-28-23)16-30-12-10-27(35,11-13-30)19-6-7-20-21(14-19)26(34)31(25(20)33)22-8-4-17(2)29-24(22)32/h5-7,9,14-15,22,35H,2-4,8,10-13,16H2,1H3,(H,29,32). The third kappa shape index (κ3) is 4.40. The molecule has 2 fully saturated rings. The first-order valence-electron chi connectivity index (χ1n) is 12.3. The van der Waals surface area contributed by atoms with Crippen molar-refractivity contribution in [2.75, 3.05) is 19.7 Å². The van der Waals surface area contributed by atoms with Crippen LogP contribution < -0.4 is 10.1 Å². The molecule has 1 aromatic heterocycles. The van der Waals surface area contributed by atoms with Gasteiger partial charge in [0.25, 0.3) is 11.8 Å². The fourth-order valence-corrected chi connectivity index (χ4v) is 5.21. The Bertz CT molecular complexity index is 1220. The quantitative estimate of drug-likeness (QED) is 0.598. The number of imide groups is 1. The van der Waals surface area contributed by atoms with E-state index in [0.29, 0.717) is 62.5 Å². The molecule has 1 atom stereocenters. The molecule has 0 saturated carbocycles. The molecule has 3 aliphatic heterocycles. The van der Waals surface area contributed by atoms with E-state index in [0.717, 1.165) is 17.0 Å². The highest BCUT2D eigenvalue weighted by Crippen LogP contribution is 2.37. The molecular formula is C27H30N4O5. The highest BCUT2D eigenvalue weighted by atomic mass is 16.5. The first kappa shape index (κ1) is 24.1. The number of aromatic nitrogens is 1. The van der Waals surface area contributed by atoms with Crippen LogP contribution in [0.3, 0.4) is 0 Å². The number of amides is 3. The Labute approximate surface area is 209 Å². The zero-order valence-electron chi connectivity index (χ0n) is 20.3. The molecule has 2 saturated heterocycles. The second-order valence-electron chi connectivity index (χ2n) is 9.63. The number of piperidine rings is 2. The number of ether oxygens (including phenoxy) is 1. The largest absolute Gasteiger partial charge is 0.478 e. The van der Waals surface area contributed by atoms with Gasteiger partial charge in [0.15, 0.2) is 0 Å². The van der Waals surface area contributed by atoms with Gasteiger partial charge in [-0.15, -0.1) is 0 Å². The number of allylic oxidation sites excluding steroid dienone is 1. The summed E-state index contributed by atoms with van der Waals surface area (Å²) in [5, 5.41) is 14.1. The van der Waals surface area contributed by atoms with Crippen LogP contribution in [0.4, 0.5) is 0 Å². The molecule has 9 heteroatoms. The topological polar surface area (TPSA) is 112 Å². The highest BCUT2D eigenvalue weighted by molar-refractivity contribution is 6.23. The second kappa shape index (κ2) is 9.48. The van der Waals surface area contributed by atoms with E-state index in [9.17, 15) is 19.5 Å². The Kier molecular flexibility index (Phi) is 6.36. The predicted molar refractivity (Wildman–Crippen MR) is 131 cm³/mol. The lowest BCUT2D eigenvalue weighted by Gasteiger charge is -2.38. The summed E-state index contributed by atoms with van der Waals surface area (Å²) in [4.78, 5) is 46.2. The van der Waals surface area contributed by atoms with Crippen molar-refractivity contribution < 1.29 is 24.2 Å². The van der Waals surface area contributed by atoms with Gasteiger partial charge in [0.05, 0.1) is 23.3 Å². The first-order valence-corrected chi connectivity index (χ1v) is 12.3. The number of hydrogen-bond acceptors (Lipinski definition) is 7. The van der Waals surface area contributed by atoms with Crippen LogP contribution in [0.2, 0.25) is 0 Å². The molecule has 0 aliphatic carbocycles. The van der Waals surface area contributed by atoms with Crippen molar-refractivity contribution in [1.82, 2.24) is 20.1 Å². The maximum absolute atomic E-state index is 13.2. The number of nitrogens with one attached hydrogen (secondary N) is 1. The maximum atomic E-state index is 13.2. The minimum absolute atomic E-state index is 0.242. The molecule has 0 radical (unpaired) electrons. The van der Waals surface area contributed by atoms with Crippen LogP contribution >= 0.6 is 0 Å². The molecule has 36 heavy (non-hydrogen) atoms. The van der Waals surface area contributed by atoms with Crippen molar-refractivity contribution in [3.8, 4) is 5.88 Å². The summed E-state index contributed by atoms with van der Waals surface area (Å²) >= 11 is 0. The van der Waals surface area contributed by atoms with Crippen molar-refractivity contribution in [2.45, 2.75) is 50.8 Å². The maximum Gasteiger partial charge on any atom is 0.262 e. The molecule has 1 unspecified atom stereocenters. The van der Waals surface area contributed by atoms with E-state index in [1.165, 1.54) is 0 Å². The van der Waals surface area contributed by atoms with Gasteiger partial charge in [0.1, 0.15) is 6.04 Å². The number of nitrogens with zero attached hydrogens (tertiary/aromatic N) is 3. The summed E-state index contributed by atoms with van der Waals surface area (Å²) in [7, 11) is 0. The molecule has 1 aromatic carbocycles. The molecule has 0 bridgehead atoms. The van der Waals surface area contributed by atoms with E-state index >= 15 is 0 Å². The van der Waals surface area contributed by atoms with E-state index in [2.05, 4.69) is 21.8 Å². The van der Waals surface area contributed by atoms with Gasteiger partial charge in [-0.1, -0.05) is 18.7 Å². The van der Waals surface area contributed by atoms with Crippen LogP contribution in [0, 0.1) is 0 Å². The summed E-state index contributed by atoms with van der Waals surface area (Å²) in [6.07, 6.45) is 3.66. The molecule has 188 valence electrons. The fourth-order valence-electron chi connectivity index (χ4n) is 5.21. The lowest BCUT2D eigenvalue weighted by atomic mass is 9.83. The van der Waals surface area contributed by atoms with Gasteiger partial charge in [-0.3, -0.25) is 24.2 Å². The van der Waals surface area contributed by atoms with Gasteiger partial charge < -0.3 is 15.2 Å². The third-order valence-electron chi connectivity index (χ3n) is 7.27. The van der Waals surface area contributed by atoms with Gasteiger partial charge >= 0.3 is 0 Å². The molecule has 0 spiro atoms. The number of fused-ring (bicyclic) bond motifs is 1. The molecule has 5 rings (SSSR count). The van der Waals surface area contributed by atoms with Crippen molar-refractivity contribution in [2.24, 2.45) is 0 Å². The van der Waals surface area contributed by atoms with E-state index in [4.69, 9.17) is 4.74 Å². The predicted octanol–water partition coefficient (Wildman–Crippen LogP) is 2.35. The number of pyridine rings is 1. The molecule has 3 amide bonds. The average Bonchev–Trinajstić information content (AvgIpc) is 3.11. The minimum Gasteiger partial charge on any atom is -0.478 e. The monoisotopic (exact) mass is 490 g/mol. The van der Waals surface area contributed by atoms with Gasteiger partial charge in [-0.2, -0.15) is 0 Å². The fraction of sp³-hybridized carbons (Fsp3) is 0.407. The van der Waals surface area contributed by atoms with Gasteiger partial charge in [-0.05, 0) is 55.9 Å². The Hall–Kier alpha value is -3.56. The van der Waals surface area contributed by atoms with Gasteiger partial charge in [0, 0.05) is 37.6 Å². The molecule has 3 aliphatic rings. The summed E-state index contributed by atoms with van der Waals surface area (Å²) in [6, 6.07) is 7.95. The van der Waals surface area contributed by atoms with Crippen LogP contribution in [-0.2, 0) is 16.9 Å². The van der Waals surface area contributed by atoms with E-state index < -0.39 is 29.4 Å². The van der Waals surface area contributed by atoms with E-state index in [1.54, 1.807) is 18.2 Å².